The van der Waals surface area contributed by atoms with Gasteiger partial charge in [-0.15, -0.1) is 0 Å². The molecule has 0 amide bonds. The molecule has 734 valence electrons. The molecule has 0 heterocycles. The van der Waals surface area contributed by atoms with Gasteiger partial charge in [0.25, 0.3) is 0 Å². The smallest absolute Gasteiger partial charge is 0.306 e. The average molecular weight is 2040 g/mol. The molecule has 3 N–H and O–H groups in total. The van der Waals surface area contributed by atoms with Crippen LogP contribution in [-0.4, -0.2) is 116 Å². The summed E-state index contributed by atoms with van der Waals surface area (Å²) in [7, 11) is 9.43. The standard InChI is InChI=1S/C27H44O4P2.C27H42O4P2.C27H42O4.C16H24O3.C11H17IOP2/c2*1-20(2)30-27(29)14-10-5-4-9-13-25-24(21(3)19-26(25)28)18-17-23(31-33-32)16-15-22-11-7-6-8-12-22;1-20(2)31-27(30)14-10-5-4-9-13-25-24(21(3)19-26(25)29)18-17-23(28)16-15-22-11-7-6-8-12-22;1-12(2)19-16(18)9-7-5-4-6-8-14-10-13(3)11-15(14)17;12-9-8-11(13-15-14)7-6-10-4-2-1-3-5-10/h4,6-9,11-12,20-21,23-26,28,33H,5,10,13-19,32H2,1-3H3;4,6-9,11-12,20-21,23-25,33H,5,10,13-19,32H2,1-3H3;4,6-9,11-12,20-21,23-26,28-29H,5,10,13-19H2,1-3H3;4,6,10,12-13H,5,7-9,11H2,1-3H3;1-5,11,15H,6-9,14H2/b3*9-4-;6-4-;/t21-,23+,24+,25-,26+;21-,23+,24+,25-;21-,23+,24+,25-,26+;13-;11-/m11100/s1. The van der Waals surface area contributed by atoms with Gasteiger partial charge in [-0.1, -0.05) is 253 Å². The summed E-state index contributed by atoms with van der Waals surface area (Å²) in [6.07, 6.45) is 49.1. The maximum absolute atomic E-state index is 12.7. The van der Waals surface area contributed by atoms with Crippen LogP contribution in [0.15, 0.2) is 182 Å². The highest BCUT2D eigenvalue weighted by atomic mass is 127. The molecule has 4 aliphatic carbocycles. The third kappa shape index (κ3) is 55.3. The molecule has 131 heavy (non-hydrogen) atoms. The van der Waals surface area contributed by atoms with Gasteiger partial charge >= 0.3 is 23.9 Å². The highest BCUT2D eigenvalue weighted by molar-refractivity contribution is 14.1. The quantitative estimate of drug-likeness (QED) is 0.00710. The Balaban J connectivity index is 0.000000352. The van der Waals surface area contributed by atoms with Gasteiger partial charge in [-0.05, 0) is 323 Å². The van der Waals surface area contributed by atoms with E-state index in [9.17, 15) is 44.1 Å². The number of rotatable bonds is 57. The minimum atomic E-state index is -0.285. The lowest BCUT2D eigenvalue weighted by Gasteiger charge is -2.25. The Morgan fingerprint density at radius 1 is 0.412 bits per heavy atom. The fourth-order valence-electron chi connectivity index (χ4n) is 18.2. The van der Waals surface area contributed by atoms with E-state index in [0.717, 1.165) is 192 Å². The Bertz CT molecular complexity index is 3830. The van der Waals surface area contributed by atoms with Gasteiger partial charge in [0.05, 0.1) is 61.0 Å². The van der Waals surface area contributed by atoms with Crippen molar-refractivity contribution in [2.24, 2.45) is 59.2 Å². The molecule has 0 spiro atoms. The van der Waals surface area contributed by atoms with Crippen LogP contribution < -0.4 is 0 Å². The number of Topliss-reactive ketones (excluding diaryl/α,β-unsaturated/α-hetero) is 2. The zero-order chi connectivity index (χ0) is 95.9. The zero-order valence-corrected chi connectivity index (χ0v) is 90.1. The van der Waals surface area contributed by atoms with Crippen molar-refractivity contribution in [3.8, 4) is 0 Å². The fraction of sp³-hybridized carbons (Fsp3) is 0.630. The summed E-state index contributed by atoms with van der Waals surface area (Å²) in [5.74, 6) is 4.14. The number of aliphatic hydroxyl groups is 3. The van der Waals surface area contributed by atoms with Gasteiger partial charge in [-0.3, -0.25) is 28.8 Å². The summed E-state index contributed by atoms with van der Waals surface area (Å²) < 4.78 is 39.5. The van der Waals surface area contributed by atoms with E-state index in [2.05, 4.69) is 223 Å². The maximum Gasteiger partial charge on any atom is 0.306 e. The second-order valence-corrected chi connectivity index (χ2v) is 42.1. The van der Waals surface area contributed by atoms with Gasteiger partial charge < -0.3 is 47.8 Å². The number of aliphatic hydroxyl groups excluding tert-OH is 3. The molecule has 22 atom stereocenters. The maximum atomic E-state index is 12.7. The lowest BCUT2D eigenvalue weighted by Crippen LogP contribution is -2.21. The van der Waals surface area contributed by atoms with Crippen molar-refractivity contribution in [1.29, 1.82) is 0 Å². The minimum absolute atomic E-state index is 0.0367. The van der Waals surface area contributed by atoms with E-state index >= 15 is 0 Å². The summed E-state index contributed by atoms with van der Waals surface area (Å²) in [4.78, 5) is 70.3. The first kappa shape index (κ1) is 119. The minimum Gasteiger partial charge on any atom is -0.463 e. The number of ether oxygens (including phenoxy) is 4. The summed E-state index contributed by atoms with van der Waals surface area (Å²) in [6, 6.07) is 42.1. The summed E-state index contributed by atoms with van der Waals surface area (Å²) in [5.41, 5.74) is 6.33. The summed E-state index contributed by atoms with van der Waals surface area (Å²) >= 11 is 2.41. The fourth-order valence-corrected chi connectivity index (χ4v) is 21.9. The van der Waals surface area contributed by atoms with Crippen molar-refractivity contribution in [2.45, 2.75) is 369 Å². The molecule has 3 saturated carbocycles. The largest absolute Gasteiger partial charge is 0.463 e. The van der Waals surface area contributed by atoms with E-state index in [1.54, 1.807) is 0 Å². The lowest BCUT2D eigenvalue weighted by molar-refractivity contribution is -0.148. The van der Waals surface area contributed by atoms with E-state index in [4.69, 9.17) is 32.5 Å². The van der Waals surface area contributed by atoms with Gasteiger partial charge in [0.2, 0.25) is 0 Å². The first-order valence-corrected chi connectivity index (χ1v) is 58.9. The molecule has 0 aromatic heterocycles. The highest BCUT2D eigenvalue weighted by Crippen LogP contribution is 2.46. The molecule has 23 heteroatoms. The van der Waals surface area contributed by atoms with Gasteiger partial charge in [-0.25, -0.2) is 0 Å². The van der Waals surface area contributed by atoms with Crippen LogP contribution >= 0.6 is 74.9 Å². The van der Waals surface area contributed by atoms with Gasteiger partial charge in [0.15, 0.2) is 5.78 Å². The topological polar surface area (TPSA) is 228 Å². The third-order valence-corrected chi connectivity index (χ3v) is 28.3. The third-order valence-electron chi connectivity index (χ3n) is 25.0. The van der Waals surface area contributed by atoms with Crippen molar-refractivity contribution in [1.82, 2.24) is 0 Å². The van der Waals surface area contributed by atoms with E-state index in [1.165, 1.54) is 26.7 Å². The van der Waals surface area contributed by atoms with Crippen LogP contribution in [0.2, 0.25) is 0 Å². The number of esters is 4. The van der Waals surface area contributed by atoms with Gasteiger partial charge in [0.1, 0.15) is 5.78 Å². The molecule has 4 aromatic carbocycles. The van der Waals surface area contributed by atoms with Crippen molar-refractivity contribution in [2.75, 3.05) is 4.43 Å². The van der Waals surface area contributed by atoms with E-state index in [1.807, 2.05) is 85.7 Å². The van der Waals surface area contributed by atoms with E-state index < -0.39 is 0 Å². The number of allylic oxidation sites excluding steroid dienone is 10. The van der Waals surface area contributed by atoms with Crippen LogP contribution in [0.1, 0.15) is 304 Å². The number of carbonyl (C=O) groups excluding carboxylic acids is 6. The zero-order valence-electron chi connectivity index (χ0n) is 81.5. The number of unbranched alkanes of at least 4 members (excludes halogenated alkanes) is 4. The highest BCUT2D eigenvalue weighted by Gasteiger charge is 2.42. The Hall–Kier alpha value is -4.13. The number of alkyl halides is 1. The molecule has 0 aliphatic heterocycles. The Kier molecular flexibility index (Phi) is 66.5. The van der Waals surface area contributed by atoms with E-state index in [-0.39, 0.29) is 96.4 Å². The normalized spacial score (nSPS) is 21.9. The molecule has 16 nitrogen and oxygen atoms in total. The number of halogens is 1. The number of ketones is 2. The van der Waals surface area contributed by atoms with Crippen molar-refractivity contribution in [3.05, 3.63) is 204 Å². The van der Waals surface area contributed by atoms with Gasteiger partial charge in [-0.2, -0.15) is 0 Å². The number of aryl methyl sites for hydroxylation is 4. The molecular formula is C108H169IO16P6. The first-order valence-electron chi connectivity index (χ1n) is 49.3. The Morgan fingerprint density at radius 3 is 1.08 bits per heavy atom. The first-order chi connectivity index (χ1) is 63.0. The number of carbonyl (C=O) groups is 6. The molecule has 4 aliphatic rings. The van der Waals surface area contributed by atoms with E-state index in [0.29, 0.717) is 123 Å². The predicted molar refractivity (Wildman–Crippen MR) is 566 cm³/mol. The number of benzene rings is 4. The average Bonchev–Trinajstić information content (AvgIpc) is 1.70. The SMILES string of the molecule is CC(C)OC(=O)CCC/C=C\CC1=C[C@H](C)CC1=O.CC(C)OC(=O)CCC/C=C\C[C@@H]1[C@@H](CC[C@@H](O)CCc2ccccc2)[C@H](C)C[C@@H]1O.CC(C)OC(=O)CCC/C=C\C[C@@H]1[C@@H](CC[C@H](CCc2ccccc2)OPP)[C@H](C)C[C@@H]1O.CC(C)OC(=O)CCC/C=C\C[C@H]1C(=O)C[C@@H](C)[C@@H]1CC[C@H](CCc1ccccc1)OPP.PPO[C@H](CCI)CCc1ccccc1. The molecule has 8 rings (SSSR count). The molecule has 6 unspecified atom stereocenters. The van der Waals surface area contributed by atoms with Crippen LogP contribution in [0.5, 0.6) is 0 Å². The number of hydrogen-bond acceptors (Lipinski definition) is 16. The molecule has 4 aromatic rings. The van der Waals surface area contributed by atoms with Crippen molar-refractivity contribution < 1.29 is 76.6 Å². The second kappa shape index (κ2) is 73.1. The van der Waals surface area contributed by atoms with Crippen LogP contribution in [0.4, 0.5) is 0 Å². The molecule has 0 bridgehead atoms. The summed E-state index contributed by atoms with van der Waals surface area (Å²) in [6.45, 7) is 23.7. The second-order valence-electron chi connectivity index (χ2n) is 37.5. The van der Waals surface area contributed by atoms with Crippen LogP contribution in [0, 0.1) is 59.2 Å². The van der Waals surface area contributed by atoms with Gasteiger partial charge in [0, 0.05) is 74.4 Å². The lowest BCUT2D eigenvalue weighted by atomic mass is 9.83. The van der Waals surface area contributed by atoms with Crippen molar-refractivity contribution in [3.63, 3.8) is 0 Å². The molecular weight excluding hydrogens is 1870 g/mol. The Labute approximate surface area is 817 Å². The number of hydrogen-bond donors (Lipinski definition) is 3. The predicted octanol–water partition coefficient (Wildman–Crippen LogP) is 27.2. The monoisotopic (exact) mass is 2030 g/mol. The van der Waals surface area contributed by atoms with Crippen LogP contribution in [0.25, 0.3) is 0 Å². The van der Waals surface area contributed by atoms with Crippen molar-refractivity contribution >= 4 is 110 Å². The summed E-state index contributed by atoms with van der Waals surface area (Å²) in [5, 5.41) is 31.7. The van der Waals surface area contributed by atoms with Crippen LogP contribution in [0.3, 0.4) is 0 Å². The molecule has 0 saturated heterocycles. The van der Waals surface area contributed by atoms with Crippen LogP contribution in [-0.2, 0) is 87.0 Å². The molecule has 3 fully saturated rings. The Morgan fingerprint density at radius 2 is 0.740 bits per heavy atom. The molecule has 0 radical (unpaired) electrons.